The van der Waals surface area contributed by atoms with Gasteiger partial charge in [0, 0.05) is 29.9 Å². The predicted octanol–water partition coefficient (Wildman–Crippen LogP) is 4.05. The number of nitrogens with one attached hydrogen (secondary N) is 3. The van der Waals surface area contributed by atoms with Crippen LogP contribution >= 0.6 is 0 Å². The molecule has 1 aromatic heterocycles. The summed E-state index contributed by atoms with van der Waals surface area (Å²) in [6.07, 6.45) is 1.22. The highest BCUT2D eigenvalue weighted by Gasteiger charge is 2.38. The summed E-state index contributed by atoms with van der Waals surface area (Å²) in [5, 5.41) is 13.2. The number of anilines is 1. The van der Waals surface area contributed by atoms with Gasteiger partial charge in [-0.05, 0) is 44.2 Å². The molecule has 1 amide bonds. The van der Waals surface area contributed by atoms with Gasteiger partial charge in [0.2, 0.25) is 5.91 Å². The highest BCUT2D eigenvalue weighted by atomic mass is 19.4. The number of carbonyl (C=O) groups is 1. The molecule has 3 N–H and O–H groups in total. The largest absolute Gasteiger partial charge is 0.432 e. The quantitative estimate of drug-likeness (QED) is 0.636. The summed E-state index contributed by atoms with van der Waals surface area (Å²) in [7, 11) is 0. The normalized spacial score (nSPS) is 16.2. The van der Waals surface area contributed by atoms with Gasteiger partial charge < -0.3 is 10.6 Å². The first kappa shape index (κ1) is 19.9. The fraction of sp³-hybridized carbons (Fsp3) is 0.500. The summed E-state index contributed by atoms with van der Waals surface area (Å²) in [6, 6.07) is 3.45. The Morgan fingerprint density at radius 1 is 1.35 bits per heavy atom. The number of pyridine rings is 1. The van der Waals surface area contributed by atoms with Crippen LogP contribution in [0.15, 0.2) is 35.8 Å². The number of halogens is 3. The SMILES string of the molecule is CC(CCNC1=C(C(=N)C(F)(F)F)CCCC1)C(=O)Nc1cccnc1. The monoisotopic (exact) mass is 368 g/mol. The minimum absolute atomic E-state index is 0.0521. The van der Waals surface area contributed by atoms with Crippen LogP contribution in [0.5, 0.6) is 0 Å². The summed E-state index contributed by atoms with van der Waals surface area (Å²) >= 11 is 0. The summed E-state index contributed by atoms with van der Waals surface area (Å²) in [5.41, 5.74) is -0.120. The van der Waals surface area contributed by atoms with E-state index in [4.69, 9.17) is 5.41 Å². The second-order valence-corrected chi connectivity index (χ2v) is 6.38. The number of amides is 1. The standard InChI is InChI=1S/C18H23F3N4O/c1-12(17(26)25-13-5-4-9-23-11-13)8-10-24-15-7-3-2-6-14(15)16(22)18(19,20)21/h4-5,9,11-12,22,24H,2-3,6-8,10H2,1H3,(H,25,26). The number of rotatable bonds is 7. The summed E-state index contributed by atoms with van der Waals surface area (Å²) in [5.74, 6) is -0.474. The molecule has 1 unspecified atom stereocenters. The van der Waals surface area contributed by atoms with Crippen molar-refractivity contribution in [2.45, 2.75) is 45.2 Å². The van der Waals surface area contributed by atoms with E-state index in [1.165, 1.54) is 0 Å². The molecule has 0 saturated heterocycles. The summed E-state index contributed by atoms with van der Waals surface area (Å²) in [4.78, 5) is 16.1. The molecule has 2 rings (SSSR count). The van der Waals surface area contributed by atoms with Crippen LogP contribution in [0.1, 0.15) is 39.0 Å². The van der Waals surface area contributed by atoms with Gasteiger partial charge >= 0.3 is 6.18 Å². The number of hydrogen-bond donors (Lipinski definition) is 3. The van der Waals surface area contributed by atoms with E-state index < -0.39 is 11.9 Å². The van der Waals surface area contributed by atoms with Crippen molar-refractivity contribution in [3.63, 3.8) is 0 Å². The number of alkyl halides is 3. The molecule has 26 heavy (non-hydrogen) atoms. The number of aromatic nitrogens is 1. The van der Waals surface area contributed by atoms with E-state index in [1.54, 1.807) is 31.5 Å². The molecule has 0 spiro atoms. The van der Waals surface area contributed by atoms with E-state index in [0.29, 0.717) is 37.2 Å². The summed E-state index contributed by atoms with van der Waals surface area (Å²) < 4.78 is 38.5. The van der Waals surface area contributed by atoms with Gasteiger partial charge in [-0.25, -0.2) is 0 Å². The van der Waals surface area contributed by atoms with Gasteiger partial charge in [-0.15, -0.1) is 0 Å². The third kappa shape index (κ3) is 5.57. The topological polar surface area (TPSA) is 77.9 Å². The van der Waals surface area contributed by atoms with Crippen LogP contribution in [0.2, 0.25) is 0 Å². The second-order valence-electron chi connectivity index (χ2n) is 6.38. The van der Waals surface area contributed by atoms with Crippen LogP contribution < -0.4 is 10.6 Å². The molecular weight excluding hydrogens is 345 g/mol. The first-order valence-corrected chi connectivity index (χ1v) is 8.62. The Labute approximate surface area is 150 Å². The minimum Gasteiger partial charge on any atom is -0.388 e. The van der Waals surface area contributed by atoms with Crippen LogP contribution in [0.4, 0.5) is 18.9 Å². The lowest BCUT2D eigenvalue weighted by atomic mass is 9.92. The molecule has 1 atom stereocenters. The Morgan fingerprint density at radius 3 is 2.73 bits per heavy atom. The van der Waals surface area contributed by atoms with Crippen molar-refractivity contribution in [3.8, 4) is 0 Å². The van der Waals surface area contributed by atoms with Gasteiger partial charge in [0.25, 0.3) is 0 Å². The van der Waals surface area contributed by atoms with E-state index >= 15 is 0 Å². The fourth-order valence-electron chi connectivity index (χ4n) is 2.82. The molecular formula is C18H23F3N4O. The first-order chi connectivity index (χ1) is 12.3. The van der Waals surface area contributed by atoms with Crippen molar-refractivity contribution in [3.05, 3.63) is 35.8 Å². The Morgan fingerprint density at radius 2 is 2.08 bits per heavy atom. The zero-order valence-electron chi connectivity index (χ0n) is 14.6. The average Bonchev–Trinajstić information content (AvgIpc) is 2.61. The Bertz CT molecular complexity index is 671. The molecule has 5 nitrogen and oxygen atoms in total. The average molecular weight is 368 g/mol. The van der Waals surface area contributed by atoms with Gasteiger partial charge in [-0.3, -0.25) is 15.2 Å². The molecule has 1 aromatic rings. The molecule has 1 heterocycles. The Balaban J connectivity index is 1.89. The molecule has 0 radical (unpaired) electrons. The fourth-order valence-corrected chi connectivity index (χ4v) is 2.82. The lowest BCUT2D eigenvalue weighted by Gasteiger charge is -2.23. The molecule has 0 aromatic carbocycles. The molecule has 1 aliphatic carbocycles. The number of carbonyl (C=O) groups excluding carboxylic acids is 1. The van der Waals surface area contributed by atoms with Gasteiger partial charge in [0.05, 0.1) is 11.9 Å². The van der Waals surface area contributed by atoms with Crippen LogP contribution in [-0.2, 0) is 4.79 Å². The van der Waals surface area contributed by atoms with E-state index in [-0.39, 0.29) is 23.8 Å². The third-order valence-corrected chi connectivity index (χ3v) is 4.35. The molecule has 1 aliphatic rings. The predicted molar refractivity (Wildman–Crippen MR) is 93.9 cm³/mol. The van der Waals surface area contributed by atoms with E-state index in [1.807, 2.05) is 0 Å². The smallest absolute Gasteiger partial charge is 0.388 e. The molecule has 0 bridgehead atoms. The van der Waals surface area contributed by atoms with Crippen molar-refractivity contribution >= 4 is 17.3 Å². The van der Waals surface area contributed by atoms with Crippen LogP contribution in [-0.4, -0.2) is 29.3 Å². The van der Waals surface area contributed by atoms with E-state index in [0.717, 1.165) is 6.42 Å². The van der Waals surface area contributed by atoms with Crippen molar-refractivity contribution in [2.24, 2.45) is 5.92 Å². The van der Waals surface area contributed by atoms with E-state index in [9.17, 15) is 18.0 Å². The molecule has 0 aliphatic heterocycles. The number of hydrogen-bond acceptors (Lipinski definition) is 4. The third-order valence-electron chi connectivity index (χ3n) is 4.35. The molecule has 8 heteroatoms. The maximum Gasteiger partial charge on any atom is 0.432 e. The van der Waals surface area contributed by atoms with Gasteiger partial charge in [-0.1, -0.05) is 6.92 Å². The zero-order valence-corrected chi connectivity index (χ0v) is 14.6. The highest BCUT2D eigenvalue weighted by Crippen LogP contribution is 2.30. The van der Waals surface area contributed by atoms with Gasteiger partial charge in [0.15, 0.2) is 0 Å². The molecule has 142 valence electrons. The number of nitrogens with zero attached hydrogens (tertiary/aromatic N) is 1. The van der Waals surface area contributed by atoms with Gasteiger partial charge in [-0.2, -0.15) is 13.2 Å². The maximum atomic E-state index is 12.8. The highest BCUT2D eigenvalue weighted by molar-refractivity contribution is 6.02. The van der Waals surface area contributed by atoms with Crippen molar-refractivity contribution in [1.29, 1.82) is 5.41 Å². The van der Waals surface area contributed by atoms with Gasteiger partial charge in [0.1, 0.15) is 5.71 Å². The second kappa shape index (κ2) is 8.82. The lowest BCUT2D eigenvalue weighted by molar-refractivity contribution is -0.119. The van der Waals surface area contributed by atoms with Crippen LogP contribution in [0.25, 0.3) is 0 Å². The number of allylic oxidation sites excluding steroid dienone is 2. The Hall–Kier alpha value is -2.38. The molecule has 0 saturated carbocycles. The molecule has 0 fully saturated rings. The van der Waals surface area contributed by atoms with Crippen molar-refractivity contribution in [2.75, 3.05) is 11.9 Å². The minimum atomic E-state index is -4.63. The van der Waals surface area contributed by atoms with Crippen LogP contribution in [0, 0.1) is 11.3 Å². The van der Waals surface area contributed by atoms with Crippen LogP contribution in [0.3, 0.4) is 0 Å². The lowest BCUT2D eigenvalue weighted by Crippen LogP contribution is -2.30. The Kier molecular flexibility index (Phi) is 6.76. The van der Waals surface area contributed by atoms with Crippen molar-refractivity contribution in [1.82, 2.24) is 10.3 Å². The zero-order chi connectivity index (χ0) is 19.2. The van der Waals surface area contributed by atoms with Crippen molar-refractivity contribution < 1.29 is 18.0 Å². The summed E-state index contributed by atoms with van der Waals surface area (Å²) in [6.45, 7) is 2.15. The van der Waals surface area contributed by atoms with E-state index in [2.05, 4.69) is 15.6 Å². The first-order valence-electron chi connectivity index (χ1n) is 8.62. The maximum absolute atomic E-state index is 12.8.